The van der Waals surface area contributed by atoms with E-state index < -0.39 is 0 Å². The molecule has 0 radical (unpaired) electrons. The molecule has 0 fully saturated rings. The molecule has 0 spiro atoms. The van der Waals surface area contributed by atoms with Crippen LogP contribution in [0.15, 0.2) is 48.5 Å². The Morgan fingerprint density at radius 3 is 1.95 bits per heavy atom. The highest BCUT2D eigenvalue weighted by molar-refractivity contribution is 7.79. The number of fused-ring (bicyclic) bond motifs is 1. The van der Waals surface area contributed by atoms with Crippen molar-refractivity contribution in [1.82, 2.24) is 0 Å². The summed E-state index contributed by atoms with van der Waals surface area (Å²) in [6, 6.07) is 14.2. The molecule has 3 nitrogen and oxygen atoms in total. The van der Waals surface area contributed by atoms with E-state index in [9.17, 15) is 9.59 Å². The van der Waals surface area contributed by atoms with Crippen molar-refractivity contribution < 1.29 is 9.59 Å². The van der Waals surface area contributed by atoms with Crippen LogP contribution in [-0.2, 0) is 5.75 Å². The lowest BCUT2D eigenvalue weighted by atomic mass is 10.1. The monoisotopic (exact) mass is 269 g/mol. The van der Waals surface area contributed by atoms with Crippen LogP contribution in [0.4, 0.5) is 5.69 Å². The Labute approximate surface area is 116 Å². The zero-order chi connectivity index (χ0) is 13.4. The lowest BCUT2D eigenvalue weighted by Gasteiger charge is -2.17. The number of para-hydroxylation sites is 1. The zero-order valence-corrected chi connectivity index (χ0v) is 10.9. The van der Waals surface area contributed by atoms with Gasteiger partial charge in [-0.15, -0.1) is 0 Å². The maximum atomic E-state index is 12.4. The van der Waals surface area contributed by atoms with Crippen LogP contribution in [0.2, 0.25) is 0 Å². The van der Waals surface area contributed by atoms with Gasteiger partial charge in [0.25, 0.3) is 11.8 Å². The minimum Gasteiger partial charge on any atom is -0.268 e. The van der Waals surface area contributed by atoms with E-state index in [0.717, 1.165) is 5.56 Å². The van der Waals surface area contributed by atoms with Crippen molar-refractivity contribution in [3.8, 4) is 0 Å². The topological polar surface area (TPSA) is 37.4 Å². The van der Waals surface area contributed by atoms with Crippen molar-refractivity contribution in [2.24, 2.45) is 0 Å². The van der Waals surface area contributed by atoms with Crippen LogP contribution in [0.25, 0.3) is 0 Å². The summed E-state index contributed by atoms with van der Waals surface area (Å²) < 4.78 is 0. The molecule has 94 valence electrons. The molecule has 1 heterocycles. The van der Waals surface area contributed by atoms with Gasteiger partial charge >= 0.3 is 0 Å². The average Bonchev–Trinajstić information content (AvgIpc) is 2.71. The smallest absolute Gasteiger partial charge is 0.266 e. The number of carbonyl (C=O) groups excluding carboxylic acids is 2. The minimum absolute atomic E-state index is 0.269. The highest BCUT2D eigenvalue weighted by Gasteiger charge is 2.36. The number of nitrogens with zero attached hydrogens (tertiary/aromatic N) is 1. The largest absolute Gasteiger partial charge is 0.268 e. The van der Waals surface area contributed by atoms with E-state index in [0.29, 0.717) is 22.6 Å². The number of benzene rings is 2. The first-order valence-corrected chi connectivity index (χ1v) is 6.54. The van der Waals surface area contributed by atoms with Gasteiger partial charge < -0.3 is 0 Å². The van der Waals surface area contributed by atoms with Crippen LogP contribution in [0.3, 0.4) is 0 Å². The number of hydrogen-bond donors (Lipinski definition) is 1. The molecule has 0 aromatic heterocycles. The maximum Gasteiger partial charge on any atom is 0.266 e. The fraction of sp³-hybridized carbons (Fsp3) is 0.0667. The van der Waals surface area contributed by atoms with Gasteiger partial charge in [-0.1, -0.05) is 30.3 Å². The van der Waals surface area contributed by atoms with E-state index in [1.807, 2.05) is 18.2 Å². The molecule has 4 heteroatoms. The number of anilines is 1. The van der Waals surface area contributed by atoms with E-state index in [4.69, 9.17) is 0 Å². The maximum absolute atomic E-state index is 12.4. The molecule has 0 aliphatic carbocycles. The van der Waals surface area contributed by atoms with Crippen molar-refractivity contribution in [2.45, 2.75) is 5.75 Å². The minimum atomic E-state index is -0.269. The third kappa shape index (κ3) is 1.76. The summed E-state index contributed by atoms with van der Waals surface area (Å²) >= 11 is 4.24. The summed E-state index contributed by atoms with van der Waals surface area (Å²) in [7, 11) is 0. The van der Waals surface area contributed by atoms with Crippen LogP contribution in [-0.4, -0.2) is 11.8 Å². The summed E-state index contributed by atoms with van der Waals surface area (Å²) in [4.78, 5) is 25.9. The molecule has 0 saturated heterocycles. The molecule has 3 rings (SSSR count). The Morgan fingerprint density at radius 2 is 1.37 bits per heavy atom. The second-order valence-corrected chi connectivity index (χ2v) is 4.59. The van der Waals surface area contributed by atoms with Crippen LogP contribution >= 0.6 is 12.6 Å². The predicted molar refractivity (Wildman–Crippen MR) is 76.7 cm³/mol. The lowest BCUT2D eigenvalue weighted by Crippen LogP contribution is -2.30. The third-order valence-corrected chi connectivity index (χ3v) is 3.54. The Kier molecular flexibility index (Phi) is 2.87. The first-order valence-electron chi connectivity index (χ1n) is 5.90. The normalized spacial score (nSPS) is 13.8. The molecular formula is C15H11NO2S. The van der Waals surface area contributed by atoms with Crippen molar-refractivity contribution in [1.29, 1.82) is 0 Å². The van der Waals surface area contributed by atoms with E-state index in [2.05, 4.69) is 12.6 Å². The van der Waals surface area contributed by atoms with E-state index in [1.54, 1.807) is 30.3 Å². The van der Waals surface area contributed by atoms with Gasteiger partial charge in [-0.05, 0) is 23.8 Å². The highest BCUT2D eigenvalue weighted by atomic mass is 32.1. The van der Waals surface area contributed by atoms with Crippen molar-refractivity contribution in [3.05, 3.63) is 65.2 Å². The van der Waals surface area contributed by atoms with Gasteiger partial charge in [0, 0.05) is 5.75 Å². The number of hydrogen-bond acceptors (Lipinski definition) is 3. The second-order valence-electron chi connectivity index (χ2n) is 4.28. The molecule has 0 saturated carbocycles. The van der Waals surface area contributed by atoms with Crippen LogP contribution < -0.4 is 4.90 Å². The van der Waals surface area contributed by atoms with Gasteiger partial charge in [0.1, 0.15) is 0 Å². The number of rotatable bonds is 2. The summed E-state index contributed by atoms with van der Waals surface area (Å²) in [5.74, 6) is -0.0616. The fourth-order valence-corrected chi connectivity index (χ4v) is 2.54. The molecule has 0 N–H and O–H groups in total. The highest BCUT2D eigenvalue weighted by Crippen LogP contribution is 2.31. The van der Waals surface area contributed by atoms with Gasteiger partial charge in [0.05, 0.1) is 16.8 Å². The molecule has 1 aliphatic rings. The number of imide groups is 1. The third-order valence-electron chi connectivity index (χ3n) is 3.20. The van der Waals surface area contributed by atoms with E-state index in [-0.39, 0.29) is 11.8 Å². The second kappa shape index (κ2) is 4.55. The zero-order valence-electron chi connectivity index (χ0n) is 10.0. The first-order chi connectivity index (χ1) is 9.24. The molecular weight excluding hydrogens is 258 g/mol. The summed E-state index contributed by atoms with van der Waals surface area (Å²) in [5.41, 5.74) is 2.40. The van der Waals surface area contributed by atoms with Crippen LogP contribution in [0.5, 0.6) is 0 Å². The van der Waals surface area contributed by atoms with Gasteiger partial charge in [-0.3, -0.25) is 9.59 Å². The number of carbonyl (C=O) groups is 2. The predicted octanol–water partition coefficient (Wildman–Crippen LogP) is 2.92. The van der Waals surface area contributed by atoms with Gasteiger partial charge in [-0.25, -0.2) is 4.90 Å². The molecule has 2 aromatic carbocycles. The van der Waals surface area contributed by atoms with Crippen molar-refractivity contribution in [3.63, 3.8) is 0 Å². The van der Waals surface area contributed by atoms with Crippen molar-refractivity contribution >= 4 is 30.1 Å². The number of amides is 2. The molecule has 0 atom stereocenters. The Morgan fingerprint density at radius 1 is 0.842 bits per heavy atom. The molecule has 1 aliphatic heterocycles. The Hall–Kier alpha value is -2.07. The first kappa shape index (κ1) is 12.0. The Bertz CT molecular complexity index is 646. The van der Waals surface area contributed by atoms with Gasteiger partial charge in [0.2, 0.25) is 0 Å². The summed E-state index contributed by atoms with van der Waals surface area (Å²) in [5, 5.41) is 0. The SMILES string of the molecule is O=C1c2ccccc2C(=O)N1c1ccccc1CS. The summed E-state index contributed by atoms with van der Waals surface area (Å²) in [6.45, 7) is 0. The molecule has 19 heavy (non-hydrogen) atoms. The fourth-order valence-electron chi connectivity index (χ4n) is 2.27. The van der Waals surface area contributed by atoms with Crippen LogP contribution in [0.1, 0.15) is 26.3 Å². The van der Waals surface area contributed by atoms with E-state index in [1.165, 1.54) is 4.90 Å². The van der Waals surface area contributed by atoms with Gasteiger partial charge in [-0.2, -0.15) is 12.6 Å². The van der Waals surface area contributed by atoms with Crippen molar-refractivity contribution in [2.75, 3.05) is 4.90 Å². The van der Waals surface area contributed by atoms with Crippen LogP contribution in [0, 0.1) is 0 Å². The molecule has 0 bridgehead atoms. The standard InChI is InChI=1S/C15H11NO2S/c17-14-11-6-2-3-7-12(11)15(18)16(14)13-8-4-1-5-10(13)9-19/h1-8,19H,9H2. The van der Waals surface area contributed by atoms with Gasteiger partial charge in [0.15, 0.2) is 0 Å². The lowest BCUT2D eigenvalue weighted by molar-refractivity contribution is 0.0926. The molecule has 2 aromatic rings. The molecule has 0 unspecified atom stereocenters. The molecule has 2 amide bonds. The van der Waals surface area contributed by atoms with E-state index >= 15 is 0 Å². The summed E-state index contributed by atoms with van der Waals surface area (Å²) in [6.07, 6.45) is 0. The quantitative estimate of drug-likeness (QED) is 0.672. The Balaban J connectivity index is 2.14. The average molecular weight is 269 g/mol. The number of thiol groups is 1.